The van der Waals surface area contributed by atoms with Crippen LogP contribution in [0.25, 0.3) is 20.8 Å². The molecule has 2 aromatic carbocycles. The maximum Gasteiger partial charge on any atom is 0.328 e. The van der Waals surface area contributed by atoms with E-state index in [0.29, 0.717) is 42.2 Å². The van der Waals surface area contributed by atoms with Crippen LogP contribution in [0.1, 0.15) is 5.56 Å². The Kier molecular flexibility index (Phi) is 9.21. The van der Waals surface area contributed by atoms with Gasteiger partial charge in [0.05, 0.1) is 33.1 Å². The molecule has 0 unspecified atom stereocenters. The number of amides is 2. The van der Waals surface area contributed by atoms with Crippen LogP contribution in [0, 0.1) is 11.6 Å². The number of carbonyl (C=O) groups is 1. The summed E-state index contributed by atoms with van der Waals surface area (Å²) in [5.74, 6) is -2.50. The van der Waals surface area contributed by atoms with Crippen molar-refractivity contribution in [2.75, 3.05) is 43.6 Å². The van der Waals surface area contributed by atoms with E-state index in [1.807, 2.05) is 53.4 Å². The highest BCUT2D eigenvalue weighted by Crippen LogP contribution is 2.40. The second-order valence-electron chi connectivity index (χ2n) is 10.0. The number of nitrogens with one attached hydrogen (secondary N) is 2. The molecule has 0 atom stereocenters. The fourth-order valence-electron chi connectivity index (χ4n) is 4.78. The van der Waals surface area contributed by atoms with Crippen molar-refractivity contribution in [3.05, 3.63) is 96.3 Å². The lowest BCUT2D eigenvalue weighted by atomic mass is 10.2. The lowest BCUT2D eigenvalue weighted by molar-refractivity contribution is 0.199. The molecular weight excluding hydrogens is 619 g/mol. The number of urea groups is 1. The highest BCUT2D eigenvalue weighted by molar-refractivity contribution is 7.80. The lowest BCUT2D eigenvalue weighted by Crippen LogP contribution is -2.39. The summed E-state index contributed by atoms with van der Waals surface area (Å²) in [5.41, 5.74) is 2.94. The molecule has 0 radical (unpaired) electrons. The number of hydrogen-bond acceptors (Lipinski definition) is 8. The number of pyridine rings is 2. The van der Waals surface area contributed by atoms with Crippen molar-refractivity contribution in [2.24, 2.45) is 0 Å². The maximum atomic E-state index is 15.2. The lowest BCUT2D eigenvalue weighted by Gasteiger charge is -2.21. The van der Waals surface area contributed by atoms with Crippen LogP contribution in [0.5, 0.6) is 11.5 Å². The molecular formula is C32H28F2N6O3S2. The molecule has 2 N–H and O–H groups in total. The predicted molar refractivity (Wildman–Crippen MR) is 175 cm³/mol. The highest BCUT2D eigenvalue weighted by atomic mass is 32.1. The first-order valence-electron chi connectivity index (χ1n) is 14.1. The summed E-state index contributed by atoms with van der Waals surface area (Å²) < 4.78 is 42.0. The molecule has 6 rings (SSSR count). The molecule has 4 heterocycles. The van der Waals surface area contributed by atoms with Gasteiger partial charge < -0.3 is 25.0 Å². The van der Waals surface area contributed by atoms with E-state index < -0.39 is 17.7 Å². The number of methoxy groups -OCH3 is 1. The Balaban J connectivity index is 1.15. The minimum Gasteiger partial charge on any atom is -0.453 e. The predicted octanol–water partition coefficient (Wildman–Crippen LogP) is 6.80. The largest absolute Gasteiger partial charge is 0.453 e. The number of thiocarbonyl (C=S) groups is 1. The van der Waals surface area contributed by atoms with Gasteiger partial charge in [-0.1, -0.05) is 24.3 Å². The van der Waals surface area contributed by atoms with E-state index in [1.54, 1.807) is 19.4 Å². The van der Waals surface area contributed by atoms with Gasteiger partial charge in [0.2, 0.25) is 5.82 Å². The highest BCUT2D eigenvalue weighted by Gasteiger charge is 2.31. The van der Waals surface area contributed by atoms with Gasteiger partial charge in [0.25, 0.3) is 0 Å². The third kappa shape index (κ3) is 6.61. The van der Waals surface area contributed by atoms with Crippen LogP contribution in [0.4, 0.5) is 25.0 Å². The molecule has 45 heavy (non-hydrogen) atoms. The number of thiophene rings is 1. The minimum absolute atomic E-state index is 0.276. The van der Waals surface area contributed by atoms with Crippen molar-refractivity contribution >= 4 is 56.3 Å². The number of carbonyl (C=O) groups excluding carboxylic acids is 1. The van der Waals surface area contributed by atoms with E-state index >= 15 is 8.78 Å². The van der Waals surface area contributed by atoms with Crippen LogP contribution < -0.4 is 20.3 Å². The summed E-state index contributed by atoms with van der Waals surface area (Å²) in [4.78, 5) is 25.9. The summed E-state index contributed by atoms with van der Waals surface area (Å²) >= 11 is 6.86. The number of hydrogen-bond donors (Lipinski definition) is 2. The van der Waals surface area contributed by atoms with Crippen LogP contribution in [0.3, 0.4) is 0 Å². The number of para-hydroxylation sites is 1. The standard InChI is InChI=1S/C32H28F2N6O3S2/c1-42-16-13-35-18-20-7-8-22(37-19-20)27-17-24-30(45-27)26(11-12-36-24)43-25-10-9-23(28(33)29(25)34)38-31(41)40-15-14-39(32(40)44)21-5-3-2-4-6-21/h2-12,17,19,35H,13-16,18H2,1H3,(H,38,41). The number of benzene rings is 2. The number of nitrogens with zero attached hydrogens (tertiary/aromatic N) is 4. The molecule has 1 aliphatic heterocycles. The Morgan fingerprint density at radius 3 is 2.64 bits per heavy atom. The first-order chi connectivity index (χ1) is 21.9. The smallest absolute Gasteiger partial charge is 0.328 e. The van der Waals surface area contributed by atoms with E-state index in [4.69, 9.17) is 21.7 Å². The van der Waals surface area contributed by atoms with Gasteiger partial charge in [0, 0.05) is 57.4 Å². The van der Waals surface area contributed by atoms with Gasteiger partial charge in [-0.25, -0.2) is 9.18 Å². The van der Waals surface area contributed by atoms with E-state index in [1.165, 1.54) is 34.6 Å². The third-order valence-corrected chi connectivity index (χ3v) is 8.70. The van der Waals surface area contributed by atoms with Crippen molar-refractivity contribution < 1.29 is 23.0 Å². The third-order valence-electron chi connectivity index (χ3n) is 7.10. The van der Waals surface area contributed by atoms with Crippen LogP contribution >= 0.6 is 23.6 Å². The summed E-state index contributed by atoms with van der Waals surface area (Å²) in [6, 6.07) is 18.7. The first-order valence-corrected chi connectivity index (χ1v) is 15.3. The van der Waals surface area contributed by atoms with Gasteiger partial charge in [-0.05, 0) is 54.2 Å². The van der Waals surface area contributed by atoms with Gasteiger partial charge in [0.1, 0.15) is 5.75 Å². The maximum absolute atomic E-state index is 15.2. The Morgan fingerprint density at radius 1 is 1.02 bits per heavy atom. The average Bonchev–Trinajstić information content (AvgIpc) is 3.68. The van der Waals surface area contributed by atoms with E-state index in [9.17, 15) is 4.79 Å². The van der Waals surface area contributed by atoms with Crippen molar-refractivity contribution in [3.8, 4) is 22.1 Å². The topological polar surface area (TPSA) is 91.8 Å². The van der Waals surface area contributed by atoms with Crippen molar-refractivity contribution in [2.45, 2.75) is 6.54 Å². The molecule has 0 spiro atoms. The number of aromatic nitrogens is 2. The molecule has 5 aromatic rings. The molecule has 230 valence electrons. The fraction of sp³-hybridized carbons (Fsp3) is 0.188. The second-order valence-corrected chi connectivity index (χ2v) is 11.5. The summed E-state index contributed by atoms with van der Waals surface area (Å²) in [6.45, 7) is 2.83. The molecule has 1 fully saturated rings. The normalized spacial score (nSPS) is 13.1. The van der Waals surface area contributed by atoms with E-state index in [-0.39, 0.29) is 16.5 Å². The molecule has 2 amide bonds. The van der Waals surface area contributed by atoms with Gasteiger partial charge in [-0.15, -0.1) is 11.3 Å². The SMILES string of the molecule is COCCNCc1ccc(-c2cc3nccc(Oc4ccc(NC(=O)N5CCN(c6ccccc6)C5=S)c(F)c4F)c3s2)nc1. The Hall–Kier alpha value is -4.56. The number of fused-ring (bicyclic) bond motifs is 1. The zero-order valence-electron chi connectivity index (χ0n) is 24.1. The molecule has 0 aliphatic carbocycles. The molecule has 13 heteroatoms. The summed E-state index contributed by atoms with van der Waals surface area (Å²) in [7, 11) is 1.66. The zero-order valence-corrected chi connectivity index (χ0v) is 25.8. The summed E-state index contributed by atoms with van der Waals surface area (Å²) in [6.07, 6.45) is 3.34. The molecule has 1 aliphatic rings. The first kappa shape index (κ1) is 30.5. The zero-order chi connectivity index (χ0) is 31.3. The minimum atomic E-state index is -1.25. The average molecular weight is 647 g/mol. The van der Waals surface area contributed by atoms with Crippen LogP contribution in [-0.2, 0) is 11.3 Å². The van der Waals surface area contributed by atoms with Crippen molar-refractivity contribution in [3.63, 3.8) is 0 Å². The number of halogens is 2. The Morgan fingerprint density at radius 2 is 1.87 bits per heavy atom. The molecule has 9 nitrogen and oxygen atoms in total. The van der Waals surface area contributed by atoms with Crippen LogP contribution in [0.2, 0.25) is 0 Å². The van der Waals surface area contributed by atoms with Gasteiger partial charge in [-0.2, -0.15) is 4.39 Å². The van der Waals surface area contributed by atoms with Gasteiger partial charge in [-0.3, -0.25) is 14.9 Å². The fourth-order valence-corrected chi connectivity index (χ4v) is 6.20. The Bertz CT molecular complexity index is 1840. The van der Waals surface area contributed by atoms with Crippen LogP contribution in [-0.4, -0.2) is 59.4 Å². The second kappa shape index (κ2) is 13.6. The van der Waals surface area contributed by atoms with Crippen molar-refractivity contribution in [1.29, 1.82) is 0 Å². The number of ether oxygens (including phenoxy) is 2. The number of rotatable bonds is 10. The molecule has 3 aromatic heterocycles. The summed E-state index contributed by atoms with van der Waals surface area (Å²) in [5, 5.41) is 5.99. The van der Waals surface area contributed by atoms with E-state index in [0.717, 1.165) is 28.4 Å². The Labute approximate surface area is 267 Å². The quantitative estimate of drug-likeness (QED) is 0.126. The van der Waals surface area contributed by atoms with Gasteiger partial charge in [0.15, 0.2) is 16.7 Å². The molecule has 1 saturated heterocycles. The monoisotopic (exact) mass is 646 g/mol. The van der Waals surface area contributed by atoms with Crippen LogP contribution in [0.15, 0.2) is 79.1 Å². The number of anilines is 2. The van der Waals surface area contributed by atoms with E-state index in [2.05, 4.69) is 20.6 Å². The molecule has 0 bridgehead atoms. The van der Waals surface area contributed by atoms with Crippen molar-refractivity contribution in [1.82, 2.24) is 20.2 Å². The molecule has 0 saturated carbocycles. The van der Waals surface area contributed by atoms with Gasteiger partial charge >= 0.3 is 6.03 Å².